The first-order chi connectivity index (χ1) is 13.8. The highest BCUT2D eigenvalue weighted by Crippen LogP contribution is 2.23. The molecule has 0 bridgehead atoms. The van der Waals surface area contributed by atoms with Crippen molar-refractivity contribution in [2.45, 2.75) is 24.8 Å². The number of nitrogens with zero attached hydrogens (tertiary/aromatic N) is 2. The van der Waals surface area contributed by atoms with Crippen LogP contribution in [0.25, 0.3) is 6.08 Å². The van der Waals surface area contributed by atoms with Gasteiger partial charge in [-0.05, 0) is 43.4 Å². The van der Waals surface area contributed by atoms with Gasteiger partial charge in [0.1, 0.15) is 5.03 Å². The number of carbonyl (C=O) groups is 1. The third kappa shape index (κ3) is 5.94. The SMILES string of the molecule is CCN(CC1CCOCC1)C(=O)c1cccnc1SC/C=C/c1ccccc1. The van der Waals surface area contributed by atoms with Gasteiger partial charge in [-0.3, -0.25) is 4.79 Å². The fraction of sp³-hybridized carbons (Fsp3) is 0.391. The quantitative estimate of drug-likeness (QED) is 0.603. The van der Waals surface area contributed by atoms with Gasteiger partial charge in [0.25, 0.3) is 5.91 Å². The first-order valence-electron chi connectivity index (χ1n) is 9.94. The summed E-state index contributed by atoms with van der Waals surface area (Å²) < 4.78 is 5.44. The molecule has 148 valence electrons. The van der Waals surface area contributed by atoms with E-state index in [4.69, 9.17) is 4.74 Å². The fourth-order valence-corrected chi connectivity index (χ4v) is 4.11. The molecule has 0 saturated carbocycles. The molecule has 1 aliphatic heterocycles. The Morgan fingerprint density at radius 3 is 2.75 bits per heavy atom. The van der Waals surface area contributed by atoms with Crippen LogP contribution in [-0.4, -0.2) is 47.8 Å². The lowest BCUT2D eigenvalue weighted by Crippen LogP contribution is -2.37. The van der Waals surface area contributed by atoms with Crippen LogP contribution in [0.4, 0.5) is 0 Å². The van der Waals surface area contributed by atoms with Gasteiger partial charge in [0.2, 0.25) is 0 Å². The van der Waals surface area contributed by atoms with Crippen molar-refractivity contribution < 1.29 is 9.53 Å². The van der Waals surface area contributed by atoms with Gasteiger partial charge in [0.15, 0.2) is 0 Å². The second-order valence-corrected chi connectivity index (χ2v) is 7.89. The van der Waals surface area contributed by atoms with Crippen molar-refractivity contribution in [3.05, 3.63) is 65.9 Å². The summed E-state index contributed by atoms with van der Waals surface area (Å²) in [6.07, 6.45) is 8.03. The number of ether oxygens (including phenoxy) is 1. The topological polar surface area (TPSA) is 42.4 Å². The number of hydrogen-bond donors (Lipinski definition) is 0. The lowest BCUT2D eigenvalue weighted by molar-refractivity contribution is 0.0465. The highest BCUT2D eigenvalue weighted by Gasteiger charge is 2.23. The van der Waals surface area contributed by atoms with Crippen LogP contribution in [0.2, 0.25) is 0 Å². The molecular weight excluding hydrogens is 368 g/mol. The van der Waals surface area contributed by atoms with Crippen molar-refractivity contribution in [2.75, 3.05) is 32.1 Å². The number of benzene rings is 1. The Hall–Kier alpha value is -2.11. The monoisotopic (exact) mass is 396 g/mol. The molecule has 2 heterocycles. The van der Waals surface area contributed by atoms with Crippen LogP contribution < -0.4 is 0 Å². The van der Waals surface area contributed by atoms with Crippen molar-refractivity contribution in [3.63, 3.8) is 0 Å². The Balaban J connectivity index is 1.62. The zero-order valence-electron chi connectivity index (χ0n) is 16.4. The molecule has 3 rings (SSSR count). The molecule has 5 heteroatoms. The van der Waals surface area contributed by atoms with E-state index in [9.17, 15) is 4.79 Å². The van der Waals surface area contributed by atoms with E-state index in [1.54, 1.807) is 18.0 Å². The summed E-state index contributed by atoms with van der Waals surface area (Å²) in [4.78, 5) is 19.6. The van der Waals surface area contributed by atoms with Gasteiger partial charge in [-0.1, -0.05) is 42.5 Å². The third-order valence-corrected chi connectivity index (χ3v) is 5.87. The second kappa shape index (κ2) is 11.0. The van der Waals surface area contributed by atoms with E-state index in [2.05, 4.69) is 29.3 Å². The second-order valence-electron chi connectivity index (χ2n) is 6.88. The van der Waals surface area contributed by atoms with Crippen LogP contribution in [-0.2, 0) is 4.74 Å². The van der Waals surface area contributed by atoms with Gasteiger partial charge in [-0.2, -0.15) is 0 Å². The van der Waals surface area contributed by atoms with Gasteiger partial charge in [-0.25, -0.2) is 4.98 Å². The molecule has 1 aromatic heterocycles. The fourth-order valence-electron chi connectivity index (χ4n) is 3.31. The molecule has 4 nitrogen and oxygen atoms in total. The zero-order chi connectivity index (χ0) is 19.6. The Kier molecular flexibility index (Phi) is 8.12. The van der Waals surface area contributed by atoms with E-state index in [1.165, 1.54) is 5.56 Å². The molecule has 1 amide bonds. The number of pyridine rings is 1. The van der Waals surface area contributed by atoms with Crippen LogP contribution in [0.15, 0.2) is 59.8 Å². The van der Waals surface area contributed by atoms with Gasteiger partial charge < -0.3 is 9.64 Å². The predicted octanol–water partition coefficient (Wildman–Crippen LogP) is 4.78. The first kappa shape index (κ1) is 20.6. The summed E-state index contributed by atoms with van der Waals surface area (Å²) in [6, 6.07) is 14.0. The zero-order valence-corrected chi connectivity index (χ0v) is 17.2. The molecule has 2 aromatic rings. The van der Waals surface area contributed by atoms with Gasteiger partial charge in [0, 0.05) is 38.3 Å². The maximum absolute atomic E-state index is 13.1. The molecule has 1 aromatic carbocycles. The summed E-state index contributed by atoms with van der Waals surface area (Å²) >= 11 is 1.60. The molecule has 0 aliphatic carbocycles. The number of aromatic nitrogens is 1. The minimum absolute atomic E-state index is 0.0802. The van der Waals surface area contributed by atoms with E-state index in [0.29, 0.717) is 18.0 Å². The molecule has 1 saturated heterocycles. The summed E-state index contributed by atoms with van der Waals surface area (Å²) in [7, 11) is 0. The standard InChI is InChI=1S/C23H28N2O2S/c1-2-25(18-20-12-15-27-16-13-20)23(26)21-11-6-14-24-22(21)28-17-7-10-19-8-4-3-5-9-19/h3-11,14,20H,2,12-13,15-18H2,1H3/b10-7+. The van der Waals surface area contributed by atoms with E-state index in [-0.39, 0.29) is 5.91 Å². The smallest absolute Gasteiger partial charge is 0.256 e. The third-order valence-electron chi connectivity index (χ3n) is 4.92. The summed E-state index contributed by atoms with van der Waals surface area (Å²) in [5.41, 5.74) is 1.88. The van der Waals surface area contributed by atoms with Gasteiger partial charge in [-0.15, -0.1) is 11.8 Å². The molecule has 1 aliphatic rings. The van der Waals surface area contributed by atoms with Crippen molar-refractivity contribution in [2.24, 2.45) is 5.92 Å². The minimum Gasteiger partial charge on any atom is -0.381 e. The molecule has 0 atom stereocenters. The molecule has 1 fully saturated rings. The average molecular weight is 397 g/mol. The Bertz CT molecular complexity index is 773. The Morgan fingerprint density at radius 2 is 2.00 bits per heavy atom. The number of hydrogen-bond acceptors (Lipinski definition) is 4. The van der Waals surface area contributed by atoms with E-state index < -0.39 is 0 Å². The van der Waals surface area contributed by atoms with Gasteiger partial charge >= 0.3 is 0 Å². The minimum atomic E-state index is 0.0802. The number of amides is 1. The van der Waals surface area contributed by atoms with Crippen molar-refractivity contribution >= 4 is 23.7 Å². The lowest BCUT2D eigenvalue weighted by Gasteiger charge is -2.29. The molecule has 28 heavy (non-hydrogen) atoms. The molecule has 0 unspecified atom stereocenters. The maximum atomic E-state index is 13.1. The summed E-state index contributed by atoms with van der Waals surface area (Å²) in [5, 5.41) is 0.802. The van der Waals surface area contributed by atoms with Crippen molar-refractivity contribution in [3.8, 4) is 0 Å². The van der Waals surface area contributed by atoms with Gasteiger partial charge in [0.05, 0.1) is 5.56 Å². The number of rotatable bonds is 8. The first-order valence-corrected chi connectivity index (χ1v) is 10.9. The number of carbonyl (C=O) groups excluding carboxylic acids is 1. The molecule has 0 radical (unpaired) electrons. The van der Waals surface area contributed by atoms with Crippen molar-refractivity contribution in [1.29, 1.82) is 0 Å². The van der Waals surface area contributed by atoms with Crippen molar-refractivity contribution in [1.82, 2.24) is 9.88 Å². The average Bonchev–Trinajstić information content (AvgIpc) is 2.76. The highest BCUT2D eigenvalue weighted by atomic mass is 32.2. The van der Waals surface area contributed by atoms with Crippen LogP contribution in [0.3, 0.4) is 0 Å². The highest BCUT2D eigenvalue weighted by molar-refractivity contribution is 7.99. The van der Waals surface area contributed by atoms with Crippen LogP contribution in [0.1, 0.15) is 35.7 Å². The van der Waals surface area contributed by atoms with Crippen LogP contribution in [0.5, 0.6) is 0 Å². The van der Waals surface area contributed by atoms with Crippen LogP contribution >= 0.6 is 11.8 Å². The maximum Gasteiger partial charge on any atom is 0.256 e. The summed E-state index contributed by atoms with van der Waals surface area (Å²) in [6.45, 7) is 5.16. The Labute approximate surface area is 172 Å². The van der Waals surface area contributed by atoms with E-state index in [1.807, 2.05) is 42.2 Å². The number of thioether (sulfide) groups is 1. The molecular formula is C23H28N2O2S. The van der Waals surface area contributed by atoms with E-state index >= 15 is 0 Å². The Morgan fingerprint density at radius 1 is 1.21 bits per heavy atom. The predicted molar refractivity (Wildman–Crippen MR) is 116 cm³/mol. The molecule has 0 N–H and O–H groups in total. The summed E-state index contributed by atoms with van der Waals surface area (Å²) in [5.74, 6) is 1.38. The van der Waals surface area contributed by atoms with Crippen LogP contribution in [0, 0.1) is 5.92 Å². The largest absolute Gasteiger partial charge is 0.381 e. The van der Waals surface area contributed by atoms with E-state index in [0.717, 1.165) is 43.4 Å². The molecule has 0 spiro atoms. The lowest BCUT2D eigenvalue weighted by atomic mass is 9.99. The normalized spacial score (nSPS) is 15.0.